The lowest BCUT2D eigenvalue weighted by Crippen LogP contribution is -2.18. The highest BCUT2D eigenvalue weighted by Gasteiger charge is 2.13. The molecule has 0 saturated heterocycles. The number of carbonyl (C=O) groups excluding carboxylic acids is 1. The monoisotopic (exact) mass is 278 g/mol. The van der Waals surface area contributed by atoms with E-state index in [1.165, 1.54) is 0 Å². The number of fused-ring (bicyclic) bond motifs is 1. The van der Waals surface area contributed by atoms with E-state index in [1.54, 1.807) is 18.6 Å². The van der Waals surface area contributed by atoms with Gasteiger partial charge < -0.3 is 4.98 Å². The van der Waals surface area contributed by atoms with Gasteiger partial charge in [-0.05, 0) is 24.6 Å². The van der Waals surface area contributed by atoms with Crippen LogP contribution in [0.2, 0.25) is 0 Å². The van der Waals surface area contributed by atoms with Crippen LogP contribution >= 0.6 is 0 Å². The summed E-state index contributed by atoms with van der Waals surface area (Å²) in [6.45, 7) is 1.92. The van der Waals surface area contributed by atoms with Crippen molar-refractivity contribution < 1.29 is 4.79 Å². The predicted octanol–water partition coefficient (Wildman–Crippen LogP) is 2.64. The van der Waals surface area contributed by atoms with E-state index < -0.39 is 0 Å². The number of hydrogen-bond acceptors (Lipinski definition) is 3. The van der Waals surface area contributed by atoms with E-state index in [0.29, 0.717) is 5.69 Å². The number of H-pyrrole nitrogens is 1. The Morgan fingerprint density at radius 3 is 2.90 bits per heavy atom. The van der Waals surface area contributed by atoms with Crippen molar-refractivity contribution in [3.05, 3.63) is 65.6 Å². The molecule has 0 bridgehead atoms. The summed E-state index contributed by atoms with van der Waals surface area (Å²) in [4.78, 5) is 19.2. The first-order valence-electron chi connectivity index (χ1n) is 6.56. The Kier molecular flexibility index (Phi) is 3.47. The second-order valence-corrected chi connectivity index (χ2v) is 4.66. The number of nitrogens with one attached hydrogen (secondary N) is 2. The first-order valence-corrected chi connectivity index (χ1v) is 6.56. The van der Waals surface area contributed by atoms with Gasteiger partial charge in [-0.25, -0.2) is 5.43 Å². The van der Waals surface area contributed by atoms with E-state index in [9.17, 15) is 4.79 Å². The van der Waals surface area contributed by atoms with Gasteiger partial charge in [0.25, 0.3) is 5.91 Å². The number of amides is 1. The normalized spacial score (nSPS) is 11.1. The quantitative estimate of drug-likeness (QED) is 0.571. The van der Waals surface area contributed by atoms with E-state index in [4.69, 9.17) is 0 Å². The Bertz CT molecular complexity index is 806. The molecular weight excluding hydrogens is 264 g/mol. The summed E-state index contributed by atoms with van der Waals surface area (Å²) in [6.07, 6.45) is 4.91. The Labute approximate surface area is 121 Å². The summed E-state index contributed by atoms with van der Waals surface area (Å²) in [5, 5.41) is 4.99. The molecule has 2 aromatic heterocycles. The number of hydrogen-bond donors (Lipinski definition) is 2. The van der Waals surface area contributed by atoms with E-state index in [2.05, 4.69) is 20.5 Å². The van der Waals surface area contributed by atoms with Crippen molar-refractivity contribution in [2.75, 3.05) is 0 Å². The Hall–Kier alpha value is -2.95. The second kappa shape index (κ2) is 5.58. The van der Waals surface area contributed by atoms with Gasteiger partial charge in [0.05, 0.1) is 6.21 Å². The van der Waals surface area contributed by atoms with Crippen LogP contribution in [0, 0.1) is 6.92 Å². The van der Waals surface area contributed by atoms with Crippen LogP contribution in [0.3, 0.4) is 0 Å². The number of pyridine rings is 1. The van der Waals surface area contributed by atoms with Crippen LogP contribution in [0.5, 0.6) is 0 Å². The van der Waals surface area contributed by atoms with Gasteiger partial charge in [-0.1, -0.05) is 24.3 Å². The summed E-state index contributed by atoms with van der Waals surface area (Å²) in [7, 11) is 0. The largest absolute Gasteiger partial charge is 0.350 e. The SMILES string of the molecule is Cc1c(C(=O)N/N=C/c2cccnc2)[nH]c2ccccc12. The smallest absolute Gasteiger partial charge is 0.288 e. The zero-order valence-electron chi connectivity index (χ0n) is 11.5. The Morgan fingerprint density at radius 2 is 2.14 bits per heavy atom. The van der Waals surface area contributed by atoms with Crippen molar-refractivity contribution in [1.82, 2.24) is 15.4 Å². The van der Waals surface area contributed by atoms with Gasteiger partial charge in [0.15, 0.2) is 0 Å². The molecule has 0 saturated carbocycles. The third-order valence-electron chi connectivity index (χ3n) is 3.26. The van der Waals surface area contributed by atoms with Crippen molar-refractivity contribution in [3.63, 3.8) is 0 Å². The van der Waals surface area contributed by atoms with Gasteiger partial charge in [0.1, 0.15) is 5.69 Å². The number of benzene rings is 1. The number of aromatic amines is 1. The summed E-state index contributed by atoms with van der Waals surface area (Å²) < 4.78 is 0. The highest BCUT2D eigenvalue weighted by atomic mass is 16.2. The molecule has 0 spiro atoms. The number of hydrazone groups is 1. The van der Waals surface area contributed by atoms with Crippen LogP contribution in [0.4, 0.5) is 0 Å². The van der Waals surface area contributed by atoms with Crippen LogP contribution < -0.4 is 5.43 Å². The van der Waals surface area contributed by atoms with Gasteiger partial charge in [0, 0.05) is 28.9 Å². The zero-order valence-corrected chi connectivity index (χ0v) is 11.5. The maximum absolute atomic E-state index is 12.2. The minimum Gasteiger partial charge on any atom is -0.350 e. The molecule has 0 atom stereocenters. The van der Waals surface area contributed by atoms with Crippen LogP contribution in [-0.2, 0) is 0 Å². The van der Waals surface area contributed by atoms with Gasteiger partial charge >= 0.3 is 0 Å². The fourth-order valence-corrected chi connectivity index (χ4v) is 2.18. The predicted molar refractivity (Wildman–Crippen MR) is 82.3 cm³/mol. The average molecular weight is 278 g/mol. The van der Waals surface area contributed by atoms with Crippen LogP contribution in [0.15, 0.2) is 53.9 Å². The molecule has 5 nitrogen and oxygen atoms in total. The molecule has 1 amide bonds. The highest BCUT2D eigenvalue weighted by molar-refractivity contribution is 6.01. The molecule has 0 aliphatic carbocycles. The Morgan fingerprint density at radius 1 is 1.29 bits per heavy atom. The standard InChI is InChI=1S/C16H14N4O/c1-11-13-6-2-3-7-14(13)19-15(11)16(21)20-18-10-12-5-4-8-17-9-12/h2-10,19H,1H3,(H,20,21)/b18-10+. The average Bonchev–Trinajstić information content (AvgIpc) is 2.86. The minimum atomic E-state index is -0.260. The molecule has 2 N–H and O–H groups in total. The molecular formula is C16H14N4O. The summed E-state index contributed by atoms with van der Waals surface area (Å²) in [5.74, 6) is -0.260. The lowest BCUT2D eigenvalue weighted by atomic mass is 10.1. The van der Waals surface area contributed by atoms with E-state index >= 15 is 0 Å². The number of para-hydroxylation sites is 1. The van der Waals surface area contributed by atoms with Crippen LogP contribution in [0.25, 0.3) is 10.9 Å². The fraction of sp³-hybridized carbons (Fsp3) is 0.0625. The van der Waals surface area contributed by atoms with Crippen molar-refractivity contribution in [1.29, 1.82) is 0 Å². The minimum absolute atomic E-state index is 0.260. The number of nitrogens with zero attached hydrogens (tertiary/aromatic N) is 2. The van der Waals surface area contributed by atoms with Crippen LogP contribution in [0.1, 0.15) is 21.6 Å². The molecule has 104 valence electrons. The number of carbonyl (C=O) groups is 1. The topological polar surface area (TPSA) is 70.1 Å². The molecule has 1 aromatic carbocycles. The van der Waals surface area contributed by atoms with Gasteiger partial charge in [0.2, 0.25) is 0 Å². The zero-order chi connectivity index (χ0) is 14.7. The number of aromatic nitrogens is 2. The highest BCUT2D eigenvalue weighted by Crippen LogP contribution is 2.20. The number of rotatable bonds is 3. The maximum Gasteiger partial charge on any atom is 0.288 e. The van der Waals surface area contributed by atoms with Crippen molar-refractivity contribution in [2.45, 2.75) is 6.92 Å². The lowest BCUT2D eigenvalue weighted by molar-refractivity contribution is 0.0950. The first kappa shape index (κ1) is 13.1. The molecule has 3 aromatic rings. The molecule has 0 aliphatic heterocycles. The third-order valence-corrected chi connectivity index (χ3v) is 3.26. The second-order valence-electron chi connectivity index (χ2n) is 4.66. The van der Waals surface area contributed by atoms with E-state index in [0.717, 1.165) is 22.0 Å². The summed E-state index contributed by atoms with van der Waals surface area (Å²) in [5.41, 5.74) is 5.73. The molecule has 0 radical (unpaired) electrons. The number of aryl methyl sites for hydroxylation is 1. The first-order chi connectivity index (χ1) is 10.3. The summed E-state index contributed by atoms with van der Waals surface area (Å²) in [6, 6.07) is 11.5. The molecule has 0 fully saturated rings. The molecule has 3 rings (SSSR count). The van der Waals surface area contributed by atoms with Crippen molar-refractivity contribution in [3.8, 4) is 0 Å². The van der Waals surface area contributed by atoms with Gasteiger partial charge in [-0.15, -0.1) is 0 Å². The third kappa shape index (κ3) is 2.67. The van der Waals surface area contributed by atoms with E-state index in [1.807, 2.05) is 43.3 Å². The maximum atomic E-state index is 12.2. The molecule has 0 aliphatic rings. The lowest BCUT2D eigenvalue weighted by Gasteiger charge is -1.98. The van der Waals surface area contributed by atoms with Gasteiger partial charge in [-0.2, -0.15) is 5.10 Å². The van der Waals surface area contributed by atoms with E-state index in [-0.39, 0.29) is 5.91 Å². The van der Waals surface area contributed by atoms with Crippen LogP contribution in [-0.4, -0.2) is 22.1 Å². The van der Waals surface area contributed by atoms with Gasteiger partial charge in [-0.3, -0.25) is 9.78 Å². The Balaban J connectivity index is 1.78. The summed E-state index contributed by atoms with van der Waals surface area (Å²) >= 11 is 0. The van der Waals surface area contributed by atoms with Crippen molar-refractivity contribution in [2.24, 2.45) is 5.10 Å². The molecule has 0 unspecified atom stereocenters. The molecule has 21 heavy (non-hydrogen) atoms. The van der Waals surface area contributed by atoms with Crippen molar-refractivity contribution >= 4 is 23.0 Å². The molecule has 5 heteroatoms. The molecule has 2 heterocycles. The fourth-order valence-electron chi connectivity index (χ4n) is 2.18.